The van der Waals surface area contributed by atoms with Gasteiger partial charge in [0.25, 0.3) is 0 Å². The Morgan fingerprint density at radius 1 is 1.13 bits per heavy atom. The third kappa shape index (κ3) is 5.33. The molecule has 0 saturated heterocycles. The van der Waals surface area contributed by atoms with Crippen LogP contribution in [0.2, 0.25) is 0 Å². The Bertz CT molecular complexity index is 1100. The number of rotatable bonds is 8. The molecular formula is C23H22N4O2S. The number of aromatic nitrogens is 3. The van der Waals surface area contributed by atoms with Crippen LogP contribution >= 0.6 is 11.3 Å². The Hall–Kier alpha value is -3.45. The Balaban J connectivity index is 1.33. The van der Waals surface area contributed by atoms with Crippen molar-refractivity contribution in [3.63, 3.8) is 0 Å². The first kappa shape index (κ1) is 19.8. The van der Waals surface area contributed by atoms with Gasteiger partial charge in [0.05, 0.1) is 18.7 Å². The van der Waals surface area contributed by atoms with Crippen LogP contribution in [0.1, 0.15) is 21.8 Å². The van der Waals surface area contributed by atoms with Crippen LogP contribution in [0.5, 0.6) is 5.75 Å². The third-order valence-electron chi connectivity index (χ3n) is 4.51. The van der Waals surface area contributed by atoms with Crippen LogP contribution in [0, 0.1) is 6.92 Å². The van der Waals surface area contributed by atoms with Crippen LogP contribution in [0.4, 0.5) is 5.69 Å². The van der Waals surface area contributed by atoms with E-state index in [0.29, 0.717) is 13.2 Å². The molecule has 2 aromatic heterocycles. The first-order chi connectivity index (χ1) is 14.7. The summed E-state index contributed by atoms with van der Waals surface area (Å²) >= 11 is 1.50. The molecular weight excluding hydrogens is 396 g/mol. The highest BCUT2D eigenvalue weighted by atomic mass is 32.1. The molecule has 1 amide bonds. The molecule has 152 valence electrons. The summed E-state index contributed by atoms with van der Waals surface area (Å²) in [6.45, 7) is 3.03. The first-order valence-corrected chi connectivity index (χ1v) is 10.5. The Morgan fingerprint density at radius 3 is 2.77 bits per heavy atom. The van der Waals surface area contributed by atoms with E-state index in [0.717, 1.165) is 27.7 Å². The molecule has 6 nitrogen and oxygen atoms in total. The Morgan fingerprint density at radius 2 is 1.97 bits per heavy atom. The number of nitrogens with one attached hydrogen (secondary N) is 1. The zero-order chi connectivity index (χ0) is 20.8. The minimum atomic E-state index is -0.0979. The number of anilines is 1. The molecule has 2 heterocycles. The van der Waals surface area contributed by atoms with Crippen LogP contribution < -0.4 is 10.1 Å². The van der Waals surface area contributed by atoms with Gasteiger partial charge in [-0.1, -0.05) is 35.9 Å². The molecule has 0 aliphatic rings. The van der Waals surface area contributed by atoms with E-state index in [1.165, 1.54) is 16.9 Å². The minimum absolute atomic E-state index is 0.0979. The van der Waals surface area contributed by atoms with Crippen molar-refractivity contribution in [1.29, 1.82) is 0 Å². The fraction of sp³-hybridized carbons (Fsp3) is 0.174. The van der Waals surface area contributed by atoms with Gasteiger partial charge in [0.1, 0.15) is 17.4 Å². The number of thiazole rings is 1. The average molecular weight is 419 g/mol. The summed E-state index contributed by atoms with van der Waals surface area (Å²) in [5, 5.41) is 9.98. The number of nitrogens with zero attached hydrogens (tertiary/aromatic N) is 3. The van der Waals surface area contributed by atoms with Crippen LogP contribution in [0.3, 0.4) is 0 Å². The largest absolute Gasteiger partial charge is 0.486 e. The number of hydrogen-bond acceptors (Lipinski definition) is 5. The van der Waals surface area contributed by atoms with Crippen LogP contribution in [0.15, 0.2) is 72.4 Å². The van der Waals surface area contributed by atoms with E-state index in [1.54, 1.807) is 6.20 Å². The van der Waals surface area contributed by atoms with Gasteiger partial charge in [-0.05, 0) is 36.8 Å². The monoisotopic (exact) mass is 418 g/mol. The summed E-state index contributed by atoms with van der Waals surface area (Å²) < 4.78 is 7.59. The normalized spacial score (nSPS) is 10.7. The third-order valence-corrected chi connectivity index (χ3v) is 5.38. The molecule has 0 spiro atoms. The molecule has 7 heteroatoms. The summed E-state index contributed by atoms with van der Waals surface area (Å²) in [4.78, 5) is 17.1. The molecule has 0 fully saturated rings. The van der Waals surface area contributed by atoms with Crippen molar-refractivity contribution in [2.24, 2.45) is 0 Å². The van der Waals surface area contributed by atoms with Crippen LogP contribution in [0.25, 0.3) is 0 Å². The predicted octanol–water partition coefficient (Wildman–Crippen LogP) is 4.46. The van der Waals surface area contributed by atoms with Crippen LogP contribution in [-0.2, 0) is 24.4 Å². The second-order valence-electron chi connectivity index (χ2n) is 6.92. The molecule has 30 heavy (non-hydrogen) atoms. The van der Waals surface area contributed by atoms with Crippen molar-refractivity contribution < 1.29 is 9.53 Å². The van der Waals surface area contributed by atoms with E-state index in [2.05, 4.69) is 15.4 Å². The van der Waals surface area contributed by atoms with Gasteiger partial charge >= 0.3 is 0 Å². The maximum atomic E-state index is 12.6. The zero-order valence-corrected chi connectivity index (χ0v) is 17.4. The Kier molecular flexibility index (Phi) is 6.20. The first-order valence-electron chi connectivity index (χ1n) is 9.63. The number of carbonyl (C=O) groups is 1. The lowest BCUT2D eigenvalue weighted by molar-refractivity contribution is -0.115. The molecule has 0 radical (unpaired) electrons. The fourth-order valence-electron chi connectivity index (χ4n) is 2.98. The van der Waals surface area contributed by atoms with Gasteiger partial charge in [0, 0.05) is 23.5 Å². The number of carbonyl (C=O) groups excluding carboxylic acids is 1. The molecule has 2 aromatic carbocycles. The number of benzene rings is 2. The molecule has 0 atom stereocenters. The van der Waals surface area contributed by atoms with E-state index >= 15 is 0 Å². The predicted molar refractivity (Wildman–Crippen MR) is 118 cm³/mol. The minimum Gasteiger partial charge on any atom is -0.486 e. The summed E-state index contributed by atoms with van der Waals surface area (Å²) in [5.41, 5.74) is 3.72. The SMILES string of the molecule is Cc1ccc(OCc2nc(CC(=O)Nc3ccccc3Cn3cccn3)cs2)cc1. The molecule has 4 rings (SSSR count). The number of amides is 1. The lowest BCUT2D eigenvalue weighted by Gasteiger charge is -2.11. The van der Waals surface area contributed by atoms with Crippen LogP contribution in [-0.4, -0.2) is 20.7 Å². The van der Waals surface area contributed by atoms with E-state index in [1.807, 2.05) is 77.8 Å². The highest BCUT2D eigenvalue weighted by Crippen LogP contribution is 2.19. The lowest BCUT2D eigenvalue weighted by atomic mass is 10.1. The summed E-state index contributed by atoms with van der Waals surface area (Å²) in [5.74, 6) is 0.711. The van der Waals surface area contributed by atoms with Crippen molar-refractivity contribution in [3.8, 4) is 5.75 Å². The van der Waals surface area contributed by atoms with Crippen molar-refractivity contribution in [1.82, 2.24) is 14.8 Å². The number of aryl methyl sites for hydroxylation is 1. The van der Waals surface area contributed by atoms with Crippen molar-refractivity contribution in [3.05, 3.63) is 94.2 Å². The highest BCUT2D eigenvalue weighted by Gasteiger charge is 2.11. The van der Waals surface area contributed by atoms with E-state index < -0.39 is 0 Å². The smallest absolute Gasteiger partial charge is 0.230 e. The number of para-hydroxylation sites is 1. The molecule has 0 saturated carbocycles. The second-order valence-corrected chi connectivity index (χ2v) is 7.86. The number of hydrogen-bond donors (Lipinski definition) is 1. The number of ether oxygens (including phenoxy) is 1. The molecule has 4 aromatic rings. The standard InChI is InChI=1S/C23H22N4O2S/c1-17-7-9-20(10-8-17)29-15-23-25-19(16-30-23)13-22(28)26-21-6-3-2-5-18(21)14-27-12-4-11-24-27/h2-12,16H,13-15H2,1H3,(H,26,28). The van der Waals surface area contributed by atoms with Crippen molar-refractivity contribution >= 4 is 22.9 Å². The van der Waals surface area contributed by atoms with Gasteiger partial charge in [-0.25, -0.2) is 4.98 Å². The van der Waals surface area contributed by atoms with E-state index in [-0.39, 0.29) is 12.3 Å². The second kappa shape index (κ2) is 9.37. The molecule has 0 bridgehead atoms. The summed E-state index contributed by atoms with van der Waals surface area (Å²) in [6.07, 6.45) is 3.86. The molecule has 1 N–H and O–H groups in total. The zero-order valence-electron chi connectivity index (χ0n) is 16.6. The Labute approximate surface area is 179 Å². The van der Waals surface area contributed by atoms with Crippen molar-refractivity contribution in [2.75, 3.05) is 5.32 Å². The highest BCUT2D eigenvalue weighted by molar-refractivity contribution is 7.09. The summed E-state index contributed by atoms with van der Waals surface area (Å²) in [7, 11) is 0. The molecule has 0 aliphatic carbocycles. The van der Waals surface area contributed by atoms with E-state index in [4.69, 9.17) is 4.74 Å². The topological polar surface area (TPSA) is 69.0 Å². The van der Waals surface area contributed by atoms with Gasteiger partial charge in [-0.2, -0.15) is 5.10 Å². The average Bonchev–Trinajstić information content (AvgIpc) is 3.41. The van der Waals surface area contributed by atoms with E-state index in [9.17, 15) is 4.79 Å². The maximum Gasteiger partial charge on any atom is 0.230 e. The lowest BCUT2D eigenvalue weighted by Crippen LogP contribution is -2.16. The maximum absolute atomic E-state index is 12.6. The van der Waals surface area contributed by atoms with Gasteiger partial charge < -0.3 is 10.1 Å². The molecule has 0 unspecified atom stereocenters. The van der Waals surface area contributed by atoms with Gasteiger partial charge in [-0.3, -0.25) is 9.48 Å². The molecule has 0 aliphatic heterocycles. The quantitative estimate of drug-likeness (QED) is 0.459. The van der Waals surface area contributed by atoms with Gasteiger partial charge in [0.15, 0.2) is 0 Å². The fourth-order valence-corrected chi connectivity index (χ4v) is 3.69. The van der Waals surface area contributed by atoms with Gasteiger partial charge in [-0.15, -0.1) is 11.3 Å². The van der Waals surface area contributed by atoms with Crippen molar-refractivity contribution in [2.45, 2.75) is 26.5 Å². The van der Waals surface area contributed by atoms with Gasteiger partial charge in [0.2, 0.25) is 5.91 Å². The summed E-state index contributed by atoms with van der Waals surface area (Å²) in [6, 6.07) is 17.5.